The van der Waals surface area contributed by atoms with E-state index in [0.717, 1.165) is 64.3 Å². The van der Waals surface area contributed by atoms with E-state index in [1.54, 1.807) is 0 Å². The molecule has 0 atom stereocenters. The number of aldehydes is 2. The minimum Gasteiger partial charge on any atom is -0.381 e. The summed E-state index contributed by atoms with van der Waals surface area (Å²) in [4.78, 5) is 21.4. The van der Waals surface area contributed by atoms with Crippen LogP contribution in [0.25, 0.3) is 0 Å². The van der Waals surface area contributed by atoms with Gasteiger partial charge in [0.1, 0.15) is 12.6 Å². The lowest BCUT2D eigenvalue weighted by Crippen LogP contribution is -2.13. The van der Waals surface area contributed by atoms with Crippen molar-refractivity contribution in [2.45, 2.75) is 66.2 Å². The van der Waals surface area contributed by atoms with Gasteiger partial charge in [0.05, 0.1) is 0 Å². The van der Waals surface area contributed by atoms with Gasteiger partial charge in [-0.05, 0) is 25.7 Å². The first-order chi connectivity index (χ1) is 8.83. The van der Waals surface area contributed by atoms with Crippen LogP contribution in [0, 0.1) is 10.8 Å². The highest BCUT2D eigenvalue weighted by atomic mass is 16.5. The highest BCUT2D eigenvalue weighted by Gasteiger charge is 2.16. The minimum atomic E-state index is -0.194. The first-order valence-corrected chi connectivity index (χ1v) is 7.33. The van der Waals surface area contributed by atoms with Crippen LogP contribution in [-0.2, 0) is 14.3 Å². The molecule has 0 aliphatic heterocycles. The number of hydrogen-bond acceptors (Lipinski definition) is 3. The molecule has 0 heterocycles. The SMILES string of the molecule is CC(C)(C=O)CCCCOCCCCC(C)(C)C=O. The molecular weight excluding hydrogens is 240 g/mol. The van der Waals surface area contributed by atoms with Crippen molar-refractivity contribution in [3.63, 3.8) is 0 Å². The zero-order valence-electron chi connectivity index (χ0n) is 13.0. The number of carbonyl (C=O) groups is 2. The zero-order chi connectivity index (χ0) is 14.8. The van der Waals surface area contributed by atoms with E-state index in [9.17, 15) is 9.59 Å². The molecular formula is C16H30O3. The normalized spacial score (nSPS) is 12.4. The van der Waals surface area contributed by atoms with E-state index in [4.69, 9.17) is 4.74 Å². The van der Waals surface area contributed by atoms with Crippen LogP contribution in [0.3, 0.4) is 0 Å². The second-order valence-electron chi connectivity index (χ2n) is 6.74. The third-order valence-corrected chi connectivity index (χ3v) is 3.36. The second-order valence-corrected chi connectivity index (χ2v) is 6.74. The molecule has 0 saturated heterocycles. The van der Waals surface area contributed by atoms with E-state index in [2.05, 4.69) is 0 Å². The standard InChI is InChI=1S/C16H30O3/c1-15(2,13-17)9-5-7-11-19-12-8-6-10-16(3,4)14-18/h13-14H,5-12H2,1-4H3. The Labute approximate surface area is 118 Å². The maximum absolute atomic E-state index is 10.7. The number of ether oxygens (including phenoxy) is 1. The fourth-order valence-corrected chi connectivity index (χ4v) is 1.79. The van der Waals surface area contributed by atoms with Gasteiger partial charge in [-0.2, -0.15) is 0 Å². The first-order valence-electron chi connectivity index (χ1n) is 7.33. The summed E-state index contributed by atoms with van der Waals surface area (Å²) in [5.41, 5.74) is -0.388. The number of carbonyl (C=O) groups excluding carboxylic acids is 2. The lowest BCUT2D eigenvalue weighted by Gasteiger charge is -2.16. The first kappa shape index (κ1) is 18.3. The van der Waals surface area contributed by atoms with Crippen molar-refractivity contribution in [1.82, 2.24) is 0 Å². The van der Waals surface area contributed by atoms with Crippen LogP contribution in [0.1, 0.15) is 66.2 Å². The maximum Gasteiger partial charge on any atom is 0.125 e. The molecule has 0 unspecified atom stereocenters. The minimum absolute atomic E-state index is 0.194. The Morgan fingerprint density at radius 1 is 0.737 bits per heavy atom. The molecule has 0 aromatic rings. The lowest BCUT2D eigenvalue weighted by molar-refractivity contribution is -0.115. The molecule has 0 amide bonds. The van der Waals surface area contributed by atoms with E-state index in [-0.39, 0.29) is 10.8 Å². The van der Waals surface area contributed by atoms with E-state index in [0.29, 0.717) is 0 Å². The Kier molecular flexibility index (Phi) is 8.90. The molecule has 0 saturated carbocycles. The summed E-state index contributed by atoms with van der Waals surface area (Å²) < 4.78 is 5.55. The fraction of sp³-hybridized carbons (Fsp3) is 0.875. The number of unbranched alkanes of at least 4 members (excludes halogenated alkanes) is 2. The lowest BCUT2D eigenvalue weighted by atomic mass is 9.89. The Morgan fingerprint density at radius 2 is 1.11 bits per heavy atom. The van der Waals surface area contributed by atoms with Crippen molar-refractivity contribution in [3.05, 3.63) is 0 Å². The van der Waals surface area contributed by atoms with Gasteiger partial charge in [-0.25, -0.2) is 0 Å². The summed E-state index contributed by atoms with van der Waals surface area (Å²) in [6.07, 6.45) is 7.99. The van der Waals surface area contributed by atoms with Crippen LogP contribution in [0.4, 0.5) is 0 Å². The molecule has 0 rings (SSSR count). The molecule has 0 bridgehead atoms. The van der Waals surface area contributed by atoms with E-state index in [1.807, 2.05) is 27.7 Å². The molecule has 0 aliphatic rings. The molecule has 19 heavy (non-hydrogen) atoms. The maximum atomic E-state index is 10.7. The van der Waals surface area contributed by atoms with Crippen LogP contribution in [-0.4, -0.2) is 25.8 Å². The zero-order valence-corrected chi connectivity index (χ0v) is 13.0. The van der Waals surface area contributed by atoms with Gasteiger partial charge in [0.25, 0.3) is 0 Å². The van der Waals surface area contributed by atoms with Gasteiger partial charge in [-0.15, -0.1) is 0 Å². The van der Waals surface area contributed by atoms with Crippen molar-refractivity contribution in [3.8, 4) is 0 Å². The molecule has 0 fully saturated rings. The number of rotatable bonds is 12. The summed E-state index contributed by atoms with van der Waals surface area (Å²) in [6.45, 7) is 9.41. The Balaban J connectivity index is 3.33. The summed E-state index contributed by atoms with van der Waals surface area (Å²) >= 11 is 0. The van der Waals surface area contributed by atoms with Crippen LogP contribution < -0.4 is 0 Å². The van der Waals surface area contributed by atoms with Gasteiger partial charge < -0.3 is 14.3 Å². The van der Waals surface area contributed by atoms with E-state index < -0.39 is 0 Å². The highest BCUT2D eigenvalue weighted by Crippen LogP contribution is 2.20. The topological polar surface area (TPSA) is 43.4 Å². The molecule has 0 N–H and O–H groups in total. The quantitative estimate of drug-likeness (QED) is 0.400. The van der Waals surface area contributed by atoms with Gasteiger partial charge in [-0.3, -0.25) is 0 Å². The fourth-order valence-electron chi connectivity index (χ4n) is 1.79. The monoisotopic (exact) mass is 270 g/mol. The van der Waals surface area contributed by atoms with Crippen LogP contribution >= 0.6 is 0 Å². The predicted octanol–water partition coefficient (Wildman–Crippen LogP) is 3.79. The Morgan fingerprint density at radius 3 is 1.42 bits per heavy atom. The molecule has 0 aromatic carbocycles. The average molecular weight is 270 g/mol. The van der Waals surface area contributed by atoms with Crippen molar-refractivity contribution in [1.29, 1.82) is 0 Å². The predicted molar refractivity (Wildman–Crippen MR) is 78.2 cm³/mol. The van der Waals surface area contributed by atoms with E-state index in [1.165, 1.54) is 0 Å². The molecule has 3 nitrogen and oxygen atoms in total. The van der Waals surface area contributed by atoms with Gasteiger partial charge in [0.15, 0.2) is 0 Å². The van der Waals surface area contributed by atoms with E-state index >= 15 is 0 Å². The summed E-state index contributed by atoms with van der Waals surface area (Å²) in [5.74, 6) is 0. The van der Waals surface area contributed by atoms with Crippen LogP contribution in [0.2, 0.25) is 0 Å². The van der Waals surface area contributed by atoms with Crippen molar-refractivity contribution >= 4 is 12.6 Å². The van der Waals surface area contributed by atoms with Crippen molar-refractivity contribution in [2.75, 3.05) is 13.2 Å². The van der Waals surface area contributed by atoms with Crippen LogP contribution in [0.15, 0.2) is 0 Å². The summed E-state index contributed by atoms with van der Waals surface area (Å²) in [6, 6.07) is 0. The Hall–Kier alpha value is -0.700. The number of hydrogen-bond donors (Lipinski definition) is 0. The Bertz CT molecular complexity index is 231. The molecule has 0 radical (unpaired) electrons. The third-order valence-electron chi connectivity index (χ3n) is 3.36. The summed E-state index contributed by atoms with van der Waals surface area (Å²) in [5, 5.41) is 0. The molecule has 112 valence electrons. The highest BCUT2D eigenvalue weighted by molar-refractivity contribution is 5.57. The molecule has 0 aliphatic carbocycles. The van der Waals surface area contributed by atoms with Gasteiger partial charge in [0.2, 0.25) is 0 Å². The summed E-state index contributed by atoms with van der Waals surface area (Å²) in [7, 11) is 0. The molecule has 0 spiro atoms. The smallest absolute Gasteiger partial charge is 0.125 e. The third kappa shape index (κ3) is 10.9. The second kappa shape index (κ2) is 9.24. The van der Waals surface area contributed by atoms with Crippen molar-refractivity contribution < 1.29 is 14.3 Å². The van der Waals surface area contributed by atoms with Gasteiger partial charge >= 0.3 is 0 Å². The van der Waals surface area contributed by atoms with Gasteiger partial charge in [-0.1, -0.05) is 40.5 Å². The molecule has 3 heteroatoms. The molecule has 0 aromatic heterocycles. The average Bonchev–Trinajstić information content (AvgIpc) is 2.36. The largest absolute Gasteiger partial charge is 0.381 e. The van der Waals surface area contributed by atoms with Crippen molar-refractivity contribution in [2.24, 2.45) is 10.8 Å². The van der Waals surface area contributed by atoms with Gasteiger partial charge in [0, 0.05) is 24.0 Å². The van der Waals surface area contributed by atoms with Crippen LogP contribution in [0.5, 0.6) is 0 Å².